The molecule has 2 aliphatic heterocycles. The first-order valence-corrected chi connectivity index (χ1v) is 11.3. The maximum absolute atomic E-state index is 13.6. The number of hydrogen-bond donors (Lipinski definition) is 0. The van der Waals surface area contributed by atoms with E-state index in [-0.39, 0.29) is 12.4 Å². The SMILES string of the molecule is CCOC(=O)[C@H]1[C@@H]2C[C@@H](c3c(OC(F)F)cccc3S1=O)n1c2nc2ccc(Cl)cc21. The Morgan fingerprint density at radius 3 is 2.90 bits per heavy atom. The average molecular weight is 467 g/mol. The fourth-order valence-electron chi connectivity index (χ4n) is 4.62. The van der Waals surface area contributed by atoms with E-state index < -0.39 is 40.6 Å². The number of esters is 1. The number of imidazole rings is 1. The van der Waals surface area contributed by atoms with Gasteiger partial charge in [0, 0.05) is 21.4 Å². The molecule has 3 aromatic rings. The summed E-state index contributed by atoms with van der Waals surface area (Å²) in [6.45, 7) is -1.24. The molecule has 31 heavy (non-hydrogen) atoms. The van der Waals surface area contributed by atoms with E-state index in [2.05, 4.69) is 4.98 Å². The van der Waals surface area contributed by atoms with Gasteiger partial charge in [-0.15, -0.1) is 0 Å². The summed E-state index contributed by atoms with van der Waals surface area (Å²) in [5.74, 6) is -0.615. The van der Waals surface area contributed by atoms with Crippen molar-refractivity contribution < 1.29 is 27.3 Å². The second-order valence-corrected chi connectivity index (χ2v) is 9.33. The van der Waals surface area contributed by atoms with Crippen LogP contribution in [0.2, 0.25) is 5.02 Å². The standard InChI is InChI=1S/C21H17ClF2N2O4S/c1-2-29-20(27)18-11-9-14(26-13-8-10(22)6-7-12(13)25-19(11)26)17-15(30-21(23)24)4-3-5-16(17)31(18)28/h3-8,11,14,18,21H,2,9H2,1H3/t11-,14-,18+,31?/m0/s1. The molecule has 0 aliphatic carbocycles. The first kappa shape index (κ1) is 20.4. The minimum Gasteiger partial charge on any atom is -0.465 e. The molecule has 10 heteroatoms. The third kappa shape index (κ3) is 3.13. The van der Waals surface area contributed by atoms with Gasteiger partial charge >= 0.3 is 12.6 Å². The number of carbonyl (C=O) groups is 1. The number of carbonyl (C=O) groups excluding carboxylic acids is 1. The quantitative estimate of drug-likeness (QED) is 0.532. The minimum atomic E-state index is -3.05. The van der Waals surface area contributed by atoms with Crippen molar-refractivity contribution in [3.05, 3.63) is 52.8 Å². The van der Waals surface area contributed by atoms with Gasteiger partial charge in [-0.2, -0.15) is 8.78 Å². The van der Waals surface area contributed by atoms with Crippen LogP contribution >= 0.6 is 11.6 Å². The zero-order valence-electron chi connectivity index (χ0n) is 16.3. The number of alkyl halides is 2. The molecule has 0 N–H and O–H groups in total. The molecule has 2 aliphatic rings. The summed E-state index contributed by atoms with van der Waals surface area (Å²) in [6.07, 6.45) is 0.358. The number of fused-ring (bicyclic) bond motifs is 9. The fourth-order valence-corrected chi connectivity index (χ4v) is 6.50. The molecule has 1 unspecified atom stereocenters. The summed E-state index contributed by atoms with van der Waals surface area (Å²) < 4.78 is 51.8. The third-order valence-electron chi connectivity index (χ3n) is 5.71. The van der Waals surface area contributed by atoms with Gasteiger partial charge in [-0.05, 0) is 43.7 Å². The number of hydrogen-bond acceptors (Lipinski definition) is 5. The van der Waals surface area contributed by atoms with Crippen LogP contribution in [0.15, 0.2) is 41.3 Å². The van der Waals surface area contributed by atoms with E-state index >= 15 is 0 Å². The van der Waals surface area contributed by atoms with Crippen molar-refractivity contribution in [3.63, 3.8) is 0 Å². The van der Waals surface area contributed by atoms with Crippen LogP contribution < -0.4 is 4.74 Å². The van der Waals surface area contributed by atoms with Crippen LogP contribution in [-0.4, -0.2) is 38.2 Å². The molecule has 0 fully saturated rings. The highest BCUT2D eigenvalue weighted by Gasteiger charge is 2.50. The minimum absolute atomic E-state index is 0.0640. The van der Waals surface area contributed by atoms with Crippen LogP contribution in [0, 0.1) is 0 Å². The molecule has 0 saturated heterocycles. The number of benzene rings is 2. The van der Waals surface area contributed by atoms with Gasteiger partial charge in [0.1, 0.15) is 16.8 Å². The van der Waals surface area contributed by atoms with Crippen molar-refractivity contribution in [1.82, 2.24) is 9.55 Å². The van der Waals surface area contributed by atoms with Gasteiger partial charge in [-0.25, -0.2) is 4.98 Å². The van der Waals surface area contributed by atoms with Gasteiger partial charge in [0.05, 0.1) is 34.5 Å². The molecule has 3 heterocycles. The molecule has 1 aromatic heterocycles. The molecule has 0 radical (unpaired) electrons. The topological polar surface area (TPSA) is 70.4 Å². The molecular formula is C21H17ClF2N2O4S. The van der Waals surface area contributed by atoms with Crippen LogP contribution in [0.3, 0.4) is 0 Å². The number of rotatable bonds is 4. The van der Waals surface area contributed by atoms with Gasteiger partial charge < -0.3 is 14.0 Å². The van der Waals surface area contributed by atoms with E-state index in [1.54, 1.807) is 31.2 Å². The Hall–Kier alpha value is -2.52. The zero-order chi connectivity index (χ0) is 21.9. The summed E-state index contributed by atoms with van der Waals surface area (Å²) in [5, 5.41) is -0.517. The smallest absolute Gasteiger partial charge is 0.387 e. The fraction of sp³-hybridized carbons (Fsp3) is 0.333. The molecule has 5 rings (SSSR count). The van der Waals surface area contributed by atoms with Crippen LogP contribution in [0.5, 0.6) is 5.75 Å². The lowest BCUT2D eigenvalue weighted by Gasteiger charge is -2.23. The van der Waals surface area contributed by atoms with Crippen molar-refractivity contribution in [2.24, 2.45) is 0 Å². The first-order valence-electron chi connectivity index (χ1n) is 9.73. The maximum atomic E-state index is 13.6. The predicted octanol–water partition coefficient (Wildman–Crippen LogP) is 4.42. The molecule has 0 amide bonds. The van der Waals surface area contributed by atoms with Crippen molar-refractivity contribution >= 4 is 39.4 Å². The highest BCUT2D eigenvalue weighted by molar-refractivity contribution is 7.86. The van der Waals surface area contributed by atoms with Crippen molar-refractivity contribution in [2.75, 3.05) is 6.61 Å². The van der Waals surface area contributed by atoms with E-state index in [9.17, 15) is 17.8 Å². The van der Waals surface area contributed by atoms with Gasteiger partial charge in [0.2, 0.25) is 0 Å². The van der Waals surface area contributed by atoms with Crippen LogP contribution in [0.1, 0.15) is 36.7 Å². The van der Waals surface area contributed by atoms with E-state index in [0.29, 0.717) is 38.8 Å². The summed E-state index contributed by atoms with van der Waals surface area (Å²) >= 11 is 6.21. The van der Waals surface area contributed by atoms with E-state index in [4.69, 9.17) is 21.1 Å². The third-order valence-corrected chi connectivity index (χ3v) is 7.71. The molecule has 162 valence electrons. The Labute approximate surface area is 183 Å². The molecule has 0 saturated carbocycles. The van der Waals surface area contributed by atoms with Gasteiger partial charge in [0.25, 0.3) is 0 Å². The summed E-state index contributed by atoms with van der Waals surface area (Å²) in [6, 6.07) is 9.23. The van der Waals surface area contributed by atoms with Crippen molar-refractivity contribution in [1.29, 1.82) is 0 Å². The lowest BCUT2D eigenvalue weighted by atomic mass is 9.95. The van der Waals surface area contributed by atoms with Gasteiger partial charge in [-0.3, -0.25) is 9.00 Å². The van der Waals surface area contributed by atoms with Crippen LogP contribution in [0.4, 0.5) is 8.78 Å². The number of ether oxygens (including phenoxy) is 2. The molecule has 0 spiro atoms. The molecule has 4 atom stereocenters. The zero-order valence-corrected chi connectivity index (χ0v) is 17.8. The maximum Gasteiger partial charge on any atom is 0.387 e. The van der Waals surface area contributed by atoms with Crippen LogP contribution in [0.25, 0.3) is 11.0 Å². The second kappa shape index (κ2) is 7.56. The molecule has 6 nitrogen and oxygen atoms in total. The van der Waals surface area contributed by atoms with E-state index in [0.717, 1.165) is 0 Å². The normalized spacial score (nSPS) is 24.0. The molecule has 2 aromatic carbocycles. The van der Waals surface area contributed by atoms with Gasteiger partial charge in [0.15, 0.2) is 0 Å². The van der Waals surface area contributed by atoms with E-state index in [1.807, 2.05) is 4.57 Å². The summed E-state index contributed by atoms with van der Waals surface area (Å²) in [5.41, 5.74) is 1.73. The summed E-state index contributed by atoms with van der Waals surface area (Å²) in [7, 11) is -1.84. The Morgan fingerprint density at radius 2 is 2.16 bits per heavy atom. The lowest BCUT2D eigenvalue weighted by Crippen LogP contribution is -2.34. The lowest BCUT2D eigenvalue weighted by molar-refractivity contribution is -0.143. The van der Waals surface area contributed by atoms with Crippen molar-refractivity contribution in [2.45, 2.75) is 42.1 Å². The Kier molecular flexibility index (Phi) is 4.97. The Balaban J connectivity index is 1.81. The highest BCUT2D eigenvalue weighted by Crippen LogP contribution is 2.52. The van der Waals surface area contributed by atoms with E-state index in [1.165, 1.54) is 12.1 Å². The second-order valence-electron chi connectivity index (χ2n) is 7.35. The number of nitrogens with zero attached hydrogens (tertiary/aromatic N) is 2. The van der Waals surface area contributed by atoms with Crippen LogP contribution in [-0.2, 0) is 20.3 Å². The largest absolute Gasteiger partial charge is 0.465 e. The first-order chi connectivity index (χ1) is 14.9. The Bertz CT molecular complexity index is 1230. The van der Waals surface area contributed by atoms with Crippen molar-refractivity contribution in [3.8, 4) is 5.75 Å². The molecular weight excluding hydrogens is 450 g/mol. The highest BCUT2D eigenvalue weighted by atomic mass is 35.5. The summed E-state index contributed by atoms with van der Waals surface area (Å²) in [4.78, 5) is 17.8. The average Bonchev–Trinajstić information content (AvgIpc) is 3.21. The number of aromatic nitrogens is 2. The predicted molar refractivity (Wildman–Crippen MR) is 110 cm³/mol. The molecule has 2 bridgehead atoms. The number of halogens is 3. The Morgan fingerprint density at radius 1 is 1.35 bits per heavy atom. The monoisotopic (exact) mass is 466 g/mol. The van der Waals surface area contributed by atoms with Gasteiger partial charge in [-0.1, -0.05) is 17.7 Å².